The van der Waals surface area contributed by atoms with Gasteiger partial charge in [-0.25, -0.2) is 4.39 Å². The molecule has 3 nitrogen and oxygen atoms in total. The van der Waals surface area contributed by atoms with Crippen LogP contribution < -0.4 is 4.74 Å². The van der Waals surface area contributed by atoms with Gasteiger partial charge in [0.2, 0.25) is 0 Å². The maximum atomic E-state index is 14.0. The van der Waals surface area contributed by atoms with E-state index in [-0.39, 0.29) is 11.6 Å². The molecule has 0 amide bonds. The first kappa shape index (κ1) is 14.9. The molecule has 0 spiro atoms. The fourth-order valence-electron chi connectivity index (χ4n) is 1.90. The summed E-state index contributed by atoms with van der Waals surface area (Å²) in [5.74, 6) is -0.0685. The van der Waals surface area contributed by atoms with E-state index in [1.807, 2.05) is 11.8 Å². The number of halogens is 1. The summed E-state index contributed by atoms with van der Waals surface area (Å²) in [6.45, 7) is 7.20. The van der Waals surface area contributed by atoms with Crippen molar-refractivity contribution in [3.8, 4) is 5.75 Å². The van der Waals surface area contributed by atoms with Gasteiger partial charge in [-0.15, -0.1) is 0 Å². The van der Waals surface area contributed by atoms with E-state index in [2.05, 4.69) is 0 Å². The van der Waals surface area contributed by atoms with Crippen molar-refractivity contribution in [2.75, 3.05) is 20.2 Å². The Labute approximate surface area is 108 Å². The molecule has 1 rings (SSSR count). The second kappa shape index (κ2) is 6.16. The van der Waals surface area contributed by atoms with Crippen molar-refractivity contribution in [2.24, 2.45) is 0 Å². The van der Waals surface area contributed by atoms with Crippen molar-refractivity contribution in [1.29, 1.82) is 0 Å². The van der Waals surface area contributed by atoms with Gasteiger partial charge >= 0.3 is 0 Å². The minimum Gasteiger partial charge on any atom is -0.494 e. The van der Waals surface area contributed by atoms with Crippen LogP contribution >= 0.6 is 0 Å². The van der Waals surface area contributed by atoms with Gasteiger partial charge < -0.3 is 9.84 Å². The molecule has 0 aromatic heterocycles. The lowest BCUT2D eigenvalue weighted by atomic mass is 10.1. The molecule has 0 fully saturated rings. The lowest BCUT2D eigenvalue weighted by Gasteiger charge is -2.28. The van der Waals surface area contributed by atoms with Gasteiger partial charge in [0.25, 0.3) is 0 Å². The summed E-state index contributed by atoms with van der Waals surface area (Å²) >= 11 is 0. The first-order valence-electron chi connectivity index (χ1n) is 6.13. The molecule has 1 aromatic carbocycles. The lowest BCUT2D eigenvalue weighted by molar-refractivity contribution is 0.0350. The van der Waals surface area contributed by atoms with Crippen molar-refractivity contribution in [3.05, 3.63) is 29.6 Å². The number of rotatable bonds is 6. The largest absolute Gasteiger partial charge is 0.494 e. The third kappa shape index (κ3) is 4.27. The fraction of sp³-hybridized carbons (Fsp3) is 0.571. The van der Waals surface area contributed by atoms with Crippen LogP contribution in [0.2, 0.25) is 0 Å². The zero-order valence-electron chi connectivity index (χ0n) is 11.5. The quantitative estimate of drug-likeness (QED) is 0.847. The monoisotopic (exact) mass is 255 g/mol. The average molecular weight is 255 g/mol. The highest BCUT2D eigenvalue weighted by atomic mass is 19.1. The summed E-state index contributed by atoms with van der Waals surface area (Å²) in [6.07, 6.45) is 0. The highest BCUT2D eigenvalue weighted by molar-refractivity contribution is 5.30. The maximum absolute atomic E-state index is 14.0. The predicted molar refractivity (Wildman–Crippen MR) is 70.2 cm³/mol. The number of nitrogens with zero attached hydrogens (tertiary/aromatic N) is 1. The van der Waals surface area contributed by atoms with Gasteiger partial charge in [-0.05, 0) is 26.5 Å². The van der Waals surface area contributed by atoms with Crippen LogP contribution in [0.1, 0.15) is 26.3 Å². The Morgan fingerprint density at radius 3 is 2.56 bits per heavy atom. The molecular weight excluding hydrogens is 233 g/mol. The summed E-state index contributed by atoms with van der Waals surface area (Å²) < 4.78 is 18.9. The van der Waals surface area contributed by atoms with Gasteiger partial charge in [-0.3, -0.25) is 4.90 Å². The number of likely N-dealkylation sites (N-methyl/N-ethyl adjacent to an activating group) is 1. The van der Waals surface area contributed by atoms with Crippen LogP contribution in [0.25, 0.3) is 0 Å². The molecule has 18 heavy (non-hydrogen) atoms. The van der Waals surface area contributed by atoms with Crippen LogP contribution in [0.15, 0.2) is 18.2 Å². The van der Waals surface area contributed by atoms with Crippen molar-refractivity contribution in [1.82, 2.24) is 4.90 Å². The Hall–Kier alpha value is -1.13. The van der Waals surface area contributed by atoms with Crippen LogP contribution in [0.3, 0.4) is 0 Å². The van der Waals surface area contributed by atoms with Gasteiger partial charge in [-0.2, -0.15) is 0 Å². The van der Waals surface area contributed by atoms with E-state index in [1.165, 1.54) is 7.11 Å². The number of ether oxygens (including phenoxy) is 1. The van der Waals surface area contributed by atoms with Crippen molar-refractivity contribution < 1.29 is 14.2 Å². The number of benzene rings is 1. The van der Waals surface area contributed by atoms with Crippen LogP contribution in [0.5, 0.6) is 5.75 Å². The molecule has 0 radical (unpaired) electrons. The van der Waals surface area contributed by atoms with Gasteiger partial charge in [0.1, 0.15) is 0 Å². The second-order valence-electron chi connectivity index (χ2n) is 5.05. The Balaban J connectivity index is 2.82. The summed E-state index contributed by atoms with van der Waals surface area (Å²) in [5, 5.41) is 9.81. The van der Waals surface area contributed by atoms with Crippen molar-refractivity contribution in [2.45, 2.75) is 32.9 Å². The molecule has 1 aromatic rings. The highest BCUT2D eigenvalue weighted by Gasteiger charge is 2.19. The molecule has 1 N–H and O–H groups in total. The molecule has 0 aliphatic carbocycles. The van der Waals surface area contributed by atoms with E-state index in [0.29, 0.717) is 18.7 Å². The van der Waals surface area contributed by atoms with Gasteiger partial charge in [0, 0.05) is 18.7 Å². The third-order valence-corrected chi connectivity index (χ3v) is 2.71. The Kier molecular flexibility index (Phi) is 5.11. The minimum atomic E-state index is -0.786. The molecule has 0 saturated heterocycles. The normalized spacial score (nSPS) is 11.9. The molecule has 0 atom stereocenters. The summed E-state index contributed by atoms with van der Waals surface area (Å²) in [7, 11) is 1.45. The molecule has 0 aliphatic rings. The summed E-state index contributed by atoms with van der Waals surface area (Å²) in [4.78, 5) is 2.00. The summed E-state index contributed by atoms with van der Waals surface area (Å²) in [5.41, 5.74) is -0.203. The molecule has 4 heteroatoms. The number of hydrogen-bond acceptors (Lipinski definition) is 3. The van der Waals surface area contributed by atoms with Crippen LogP contribution in [0.4, 0.5) is 4.39 Å². The molecule has 0 saturated carbocycles. The number of methoxy groups -OCH3 is 1. The third-order valence-electron chi connectivity index (χ3n) is 2.71. The maximum Gasteiger partial charge on any atom is 0.169 e. The molecule has 0 unspecified atom stereocenters. The number of aliphatic hydroxyl groups is 1. The average Bonchev–Trinajstić information content (AvgIpc) is 2.29. The lowest BCUT2D eigenvalue weighted by Crippen LogP contribution is -2.38. The van der Waals surface area contributed by atoms with E-state index in [0.717, 1.165) is 6.54 Å². The zero-order valence-corrected chi connectivity index (χ0v) is 11.5. The van der Waals surface area contributed by atoms with Crippen molar-refractivity contribution in [3.63, 3.8) is 0 Å². The zero-order chi connectivity index (χ0) is 13.8. The van der Waals surface area contributed by atoms with Crippen molar-refractivity contribution >= 4 is 0 Å². The molecule has 0 aliphatic heterocycles. The summed E-state index contributed by atoms with van der Waals surface area (Å²) in [6, 6.07) is 5.12. The van der Waals surface area contributed by atoms with E-state index in [9.17, 15) is 9.50 Å². The fourth-order valence-corrected chi connectivity index (χ4v) is 1.90. The topological polar surface area (TPSA) is 32.7 Å². The molecule has 102 valence electrons. The minimum absolute atomic E-state index is 0.256. The van der Waals surface area contributed by atoms with E-state index < -0.39 is 5.60 Å². The van der Waals surface area contributed by atoms with Crippen LogP contribution in [0, 0.1) is 5.82 Å². The number of hydrogen-bond donors (Lipinski definition) is 1. The van der Waals surface area contributed by atoms with E-state index in [1.54, 1.807) is 32.0 Å². The Bertz CT molecular complexity index is 388. The van der Waals surface area contributed by atoms with Gasteiger partial charge in [0.15, 0.2) is 11.6 Å². The van der Waals surface area contributed by atoms with Gasteiger partial charge in [-0.1, -0.05) is 19.1 Å². The standard InChI is InChI=1S/C14H22FNO2/c1-5-16(10-14(2,3)17)9-11-7-6-8-12(18-4)13(11)15/h6-8,17H,5,9-10H2,1-4H3. The van der Waals surface area contributed by atoms with Gasteiger partial charge in [0.05, 0.1) is 12.7 Å². The smallest absolute Gasteiger partial charge is 0.169 e. The predicted octanol–water partition coefficient (Wildman–Crippen LogP) is 2.43. The van der Waals surface area contributed by atoms with E-state index in [4.69, 9.17) is 4.74 Å². The van der Waals surface area contributed by atoms with E-state index >= 15 is 0 Å². The second-order valence-corrected chi connectivity index (χ2v) is 5.05. The molecular formula is C14H22FNO2. The SMILES string of the molecule is CCN(Cc1cccc(OC)c1F)CC(C)(C)O. The molecule has 0 heterocycles. The Morgan fingerprint density at radius 1 is 1.39 bits per heavy atom. The van der Waals surface area contributed by atoms with Crippen LogP contribution in [-0.2, 0) is 6.54 Å². The highest BCUT2D eigenvalue weighted by Crippen LogP contribution is 2.21. The first-order valence-corrected chi connectivity index (χ1v) is 6.13. The Morgan fingerprint density at radius 2 is 2.06 bits per heavy atom. The molecule has 0 bridgehead atoms. The first-order chi connectivity index (χ1) is 8.37. The van der Waals surface area contributed by atoms with Crippen LogP contribution in [-0.4, -0.2) is 35.8 Å².